The van der Waals surface area contributed by atoms with Crippen LogP contribution in [0.4, 0.5) is 15.8 Å². The van der Waals surface area contributed by atoms with Crippen molar-refractivity contribution < 1.29 is 4.39 Å². The minimum absolute atomic E-state index is 0.177. The standard InChI is InChI=1S/C17H17BrFN/c1-12-4-6-16-13(9-12)3-2-8-20(16)17-7-5-15(19)10-14(17)11-18/h4-7,9-10H,2-3,8,11H2,1H3. The van der Waals surface area contributed by atoms with E-state index in [1.807, 2.05) is 6.07 Å². The van der Waals surface area contributed by atoms with Gasteiger partial charge in [-0.3, -0.25) is 0 Å². The van der Waals surface area contributed by atoms with Crippen LogP contribution in [0.2, 0.25) is 0 Å². The summed E-state index contributed by atoms with van der Waals surface area (Å²) in [7, 11) is 0. The molecule has 1 aliphatic heterocycles. The fourth-order valence-electron chi connectivity index (χ4n) is 2.90. The highest BCUT2D eigenvalue weighted by Crippen LogP contribution is 2.36. The number of anilines is 2. The van der Waals surface area contributed by atoms with E-state index in [0.29, 0.717) is 5.33 Å². The third kappa shape index (κ3) is 2.47. The summed E-state index contributed by atoms with van der Waals surface area (Å²) in [5.41, 5.74) is 6.05. The van der Waals surface area contributed by atoms with E-state index in [1.54, 1.807) is 12.1 Å². The first-order valence-corrected chi connectivity index (χ1v) is 8.02. The van der Waals surface area contributed by atoms with Gasteiger partial charge >= 0.3 is 0 Å². The Morgan fingerprint density at radius 1 is 1.15 bits per heavy atom. The molecule has 1 nitrogen and oxygen atoms in total. The van der Waals surface area contributed by atoms with Crippen LogP contribution < -0.4 is 4.90 Å². The Labute approximate surface area is 127 Å². The van der Waals surface area contributed by atoms with Gasteiger partial charge in [0.15, 0.2) is 0 Å². The van der Waals surface area contributed by atoms with Crippen molar-refractivity contribution in [1.82, 2.24) is 0 Å². The Morgan fingerprint density at radius 2 is 1.95 bits per heavy atom. The molecule has 1 aliphatic rings. The van der Waals surface area contributed by atoms with E-state index in [1.165, 1.54) is 16.8 Å². The minimum Gasteiger partial charge on any atom is -0.341 e. The molecular formula is C17H17BrFN. The van der Waals surface area contributed by atoms with Crippen molar-refractivity contribution in [1.29, 1.82) is 0 Å². The molecule has 3 heteroatoms. The normalized spacial score (nSPS) is 14.2. The number of benzene rings is 2. The van der Waals surface area contributed by atoms with Crippen LogP contribution in [0.3, 0.4) is 0 Å². The molecule has 104 valence electrons. The van der Waals surface area contributed by atoms with Crippen molar-refractivity contribution in [2.75, 3.05) is 11.4 Å². The van der Waals surface area contributed by atoms with Crippen LogP contribution in [0, 0.1) is 12.7 Å². The molecule has 2 aromatic rings. The maximum Gasteiger partial charge on any atom is 0.123 e. The van der Waals surface area contributed by atoms with Crippen LogP contribution in [-0.4, -0.2) is 6.54 Å². The maximum absolute atomic E-state index is 13.4. The largest absolute Gasteiger partial charge is 0.341 e. The van der Waals surface area contributed by atoms with Crippen LogP contribution >= 0.6 is 15.9 Å². The molecular weight excluding hydrogens is 317 g/mol. The summed E-state index contributed by atoms with van der Waals surface area (Å²) >= 11 is 3.47. The van der Waals surface area contributed by atoms with E-state index < -0.39 is 0 Å². The summed E-state index contributed by atoms with van der Waals surface area (Å²) in [5, 5.41) is 0.664. The number of aryl methyl sites for hydroxylation is 2. The van der Waals surface area contributed by atoms with Crippen LogP contribution in [0.15, 0.2) is 36.4 Å². The number of hydrogen-bond acceptors (Lipinski definition) is 1. The predicted molar refractivity (Wildman–Crippen MR) is 85.5 cm³/mol. The summed E-state index contributed by atoms with van der Waals surface area (Å²) in [4.78, 5) is 2.31. The molecule has 0 N–H and O–H groups in total. The van der Waals surface area contributed by atoms with Gasteiger partial charge in [-0.05, 0) is 55.2 Å². The molecule has 0 bridgehead atoms. The third-order valence-electron chi connectivity index (χ3n) is 3.83. The first kappa shape index (κ1) is 13.6. The molecule has 0 unspecified atom stereocenters. The zero-order valence-corrected chi connectivity index (χ0v) is 13.1. The zero-order chi connectivity index (χ0) is 14.1. The van der Waals surface area contributed by atoms with Crippen LogP contribution in [0.25, 0.3) is 0 Å². The predicted octanol–water partition coefficient (Wildman–Crippen LogP) is 5.11. The Morgan fingerprint density at radius 3 is 2.75 bits per heavy atom. The molecule has 2 aromatic carbocycles. The van der Waals surface area contributed by atoms with Gasteiger partial charge in [0.05, 0.1) is 0 Å². The fourth-order valence-corrected chi connectivity index (χ4v) is 3.35. The van der Waals surface area contributed by atoms with Gasteiger partial charge in [0.2, 0.25) is 0 Å². The van der Waals surface area contributed by atoms with Crippen molar-refractivity contribution >= 4 is 27.3 Å². The molecule has 0 aliphatic carbocycles. The van der Waals surface area contributed by atoms with Crippen molar-refractivity contribution in [2.45, 2.75) is 25.1 Å². The lowest BCUT2D eigenvalue weighted by Crippen LogP contribution is -2.25. The second kappa shape index (κ2) is 5.57. The molecule has 0 fully saturated rings. The van der Waals surface area contributed by atoms with Gasteiger partial charge in [0.25, 0.3) is 0 Å². The number of rotatable bonds is 2. The molecule has 0 saturated heterocycles. The lowest BCUT2D eigenvalue weighted by molar-refractivity contribution is 0.626. The third-order valence-corrected chi connectivity index (χ3v) is 4.43. The van der Waals surface area contributed by atoms with E-state index in [0.717, 1.165) is 30.6 Å². The van der Waals surface area contributed by atoms with Crippen LogP contribution in [0.5, 0.6) is 0 Å². The molecule has 0 radical (unpaired) electrons. The van der Waals surface area contributed by atoms with E-state index >= 15 is 0 Å². The van der Waals surface area contributed by atoms with Crippen molar-refractivity contribution in [2.24, 2.45) is 0 Å². The summed E-state index contributed by atoms with van der Waals surface area (Å²) in [6.45, 7) is 3.11. The van der Waals surface area contributed by atoms with E-state index in [-0.39, 0.29) is 5.82 Å². The minimum atomic E-state index is -0.177. The van der Waals surface area contributed by atoms with Gasteiger partial charge in [-0.2, -0.15) is 0 Å². The van der Waals surface area contributed by atoms with E-state index in [9.17, 15) is 4.39 Å². The topological polar surface area (TPSA) is 3.24 Å². The first-order valence-electron chi connectivity index (χ1n) is 6.90. The number of hydrogen-bond donors (Lipinski definition) is 0. The lowest BCUT2D eigenvalue weighted by atomic mass is 9.98. The smallest absolute Gasteiger partial charge is 0.123 e. The molecule has 0 spiro atoms. The molecule has 0 aromatic heterocycles. The lowest BCUT2D eigenvalue weighted by Gasteiger charge is -2.33. The highest BCUT2D eigenvalue weighted by molar-refractivity contribution is 9.08. The maximum atomic E-state index is 13.4. The Hall–Kier alpha value is -1.35. The molecule has 20 heavy (non-hydrogen) atoms. The van der Waals surface area contributed by atoms with Crippen LogP contribution in [0.1, 0.15) is 23.1 Å². The van der Waals surface area contributed by atoms with E-state index in [2.05, 4.69) is 46.0 Å². The average molecular weight is 334 g/mol. The molecule has 1 heterocycles. The Balaban J connectivity index is 2.09. The van der Waals surface area contributed by atoms with Crippen molar-refractivity contribution in [3.63, 3.8) is 0 Å². The Kier molecular flexibility index (Phi) is 3.79. The molecule has 0 atom stereocenters. The number of fused-ring (bicyclic) bond motifs is 1. The summed E-state index contributed by atoms with van der Waals surface area (Å²) in [6, 6.07) is 11.6. The van der Waals surface area contributed by atoms with Crippen molar-refractivity contribution in [3.8, 4) is 0 Å². The number of alkyl halides is 1. The molecule has 0 saturated carbocycles. The second-order valence-electron chi connectivity index (χ2n) is 5.29. The second-order valence-corrected chi connectivity index (χ2v) is 5.85. The highest BCUT2D eigenvalue weighted by atomic mass is 79.9. The van der Waals surface area contributed by atoms with Crippen LogP contribution in [-0.2, 0) is 11.8 Å². The monoisotopic (exact) mass is 333 g/mol. The first-order chi connectivity index (χ1) is 9.69. The van der Waals surface area contributed by atoms with Gasteiger partial charge in [0.1, 0.15) is 5.82 Å². The van der Waals surface area contributed by atoms with Gasteiger partial charge in [0, 0.05) is 23.2 Å². The fraction of sp³-hybridized carbons (Fsp3) is 0.294. The van der Waals surface area contributed by atoms with E-state index in [4.69, 9.17) is 0 Å². The molecule has 0 amide bonds. The summed E-state index contributed by atoms with van der Waals surface area (Å²) in [5.74, 6) is -0.177. The van der Waals surface area contributed by atoms with Gasteiger partial charge in [-0.1, -0.05) is 33.6 Å². The highest BCUT2D eigenvalue weighted by Gasteiger charge is 2.20. The summed E-state index contributed by atoms with van der Waals surface area (Å²) in [6.07, 6.45) is 2.26. The number of nitrogens with zero attached hydrogens (tertiary/aromatic N) is 1. The average Bonchev–Trinajstić information content (AvgIpc) is 2.46. The Bertz CT molecular complexity index is 639. The number of halogens is 2. The quantitative estimate of drug-likeness (QED) is 0.690. The zero-order valence-electron chi connectivity index (χ0n) is 11.5. The SMILES string of the molecule is Cc1ccc2c(c1)CCCN2c1ccc(F)cc1CBr. The van der Waals surface area contributed by atoms with Gasteiger partial charge in [-0.25, -0.2) is 4.39 Å². The van der Waals surface area contributed by atoms with Crippen molar-refractivity contribution in [3.05, 3.63) is 58.9 Å². The summed E-state index contributed by atoms with van der Waals surface area (Å²) < 4.78 is 13.4. The van der Waals surface area contributed by atoms with Gasteiger partial charge in [-0.15, -0.1) is 0 Å². The van der Waals surface area contributed by atoms with Gasteiger partial charge < -0.3 is 4.90 Å². The molecule has 3 rings (SSSR count).